The van der Waals surface area contributed by atoms with Crippen LogP contribution in [0.15, 0.2) is 48.0 Å². The smallest absolute Gasteiger partial charge is 0.321 e. The van der Waals surface area contributed by atoms with Gasteiger partial charge < -0.3 is 10.4 Å². The van der Waals surface area contributed by atoms with Crippen LogP contribution in [0.5, 0.6) is 0 Å². The zero-order valence-corrected chi connectivity index (χ0v) is 12.1. The topological polar surface area (TPSA) is 61.7 Å². The summed E-state index contributed by atoms with van der Waals surface area (Å²) in [5.74, 6) is -0.894. The van der Waals surface area contributed by atoms with Crippen molar-refractivity contribution < 1.29 is 9.90 Å². The van der Waals surface area contributed by atoms with Gasteiger partial charge in [0, 0.05) is 10.7 Å². The van der Waals surface area contributed by atoms with Crippen molar-refractivity contribution in [3.05, 3.63) is 53.6 Å². The number of nitrogens with one attached hydrogen (secondary N) is 1. The predicted octanol–water partition coefficient (Wildman–Crippen LogP) is 3.01. The van der Waals surface area contributed by atoms with Crippen LogP contribution in [-0.4, -0.2) is 28.0 Å². The van der Waals surface area contributed by atoms with Crippen LogP contribution in [0.4, 0.5) is 0 Å². The van der Waals surface area contributed by atoms with E-state index in [0.717, 1.165) is 11.3 Å². The van der Waals surface area contributed by atoms with Crippen LogP contribution in [0.2, 0.25) is 5.02 Å². The second kappa shape index (κ2) is 6.63. The minimum Gasteiger partial charge on any atom is -0.480 e. The number of hydrogen-bond donors (Lipinski definition) is 2. The van der Waals surface area contributed by atoms with E-state index in [1.54, 1.807) is 24.3 Å². The van der Waals surface area contributed by atoms with Crippen LogP contribution in [0.3, 0.4) is 0 Å². The molecule has 1 unspecified atom stereocenters. The van der Waals surface area contributed by atoms with Crippen LogP contribution >= 0.6 is 23.4 Å². The first-order valence-electron chi connectivity index (χ1n) is 5.89. The van der Waals surface area contributed by atoms with Gasteiger partial charge in [0.15, 0.2) is 5.17 Å². The van der Waals surface area contributed by atoms with Gasteiger partial charge in [-0.1, -0.05) is 41.6 Å². The lowest BCUT2D eigenvalue weighted by Gasteiger charge is -2.21. The molecule has 0 fully saturated rings. The van der Waals surface area contributed by atoms with Gasteiger partial charge in [0.2, 0.25) is 0 Å². The van der Waals surface area contributed by atoms with E-state index < -0.39 is 11.2 Å². The number of benzene rings is 1. The van der Waals surface area contributed by atoms with Crippen LogP contribution in [-0.2, 0) is 4.79 Å². The monoisotopic (exact) mass is 308 g/mol. The molecule has 0 amide bonds. The Hall–Kier alpha value is -1.72. The third-order valence-corrected chi connectivity index (χ3v) is 3.86. The van der Waals surface area contributed by atoms with Crippen molar-refractivity contribution in [3.63, 3.8) is 0 Å². The number of carboxylic acid groups (broad SMARTS) is 1. The normalized spacial score (nSPS) is 20.1. The molecule has 0 aromatic heterocycles. The lowest BCUT2D eigenvalue weighted by molar-refractivity contribution is -0.135. The molecule has 1 aromatic carbocycles. The van der Waals surface area contributed by atoms with Crippen molar-refractivity contribution >= 4 is 40.2 Å². The summed E-state index contributed by atoms with van der Waals surface area (Å²) in [6.07, 6.45) is 3.33. The minimum absolute atomic E-state index is 0.440. The fourth-order valence-corrected chi connectivity index (χ4v) is 2.63. The van der Waals surface area contributed by atoms with Gasteiger partial charge in [-0.05, 0) is 23.8 Å². The second-order valence-corrected chi connectivity index (χ2v) is 5.59. The molecule has 0 radical (unpaired) electrons. The highest BCUT2D eigenvalue weighted by molar-refractivity contribution is 8.15. The molecular weight excluding hydrogens is 296 g/mol. The van der Waals surface area contributed by atoms with E-state index >= 15 is 0 Å². The highest BCUT2D eigenvalue weighted by atomic mass is 35.5. The Balaban J connectivity index is 2.31. The first-order chi connectivity index (χ1) is 9.60. The number of aliphatic carboxylic acids is 1. The molecule has 1 heterocycles. The molecule has 2 N–H and O–H groups in total. The molecule has 1 atom stereocenters. The first kappa shape index (κ1) is 14.7. The number of nitrogens with zero attached hydrogens (tertiary/aromatic N) is 1. The highest BCUT2D eigenvalue weighted by Gasteiger charge is 2.25. The molecule has 0 spiro atoms. The third kappa shape index (κ3) is 3.65. The fraction of sp³-hybridized carbons (Fsp3) is 0.143. The van der Waals surface area contributed by atoms with Crippen molar-refractivity contribution in [2.45, 2.75) is 5.25 Å². The van der Waals surface area contributed by atoms with Crippen molar-refractivity contribution in [3.8, 4) is 0 Å². The molecule has 2 rings (SSSR count). The first-order valence-corrected chi connectivity index (χ1v) is 7.15. The molecule has 0 aliphatic carbocycles. The Morgan fingerprint density at radius 2 is 2.20 bits per heavy atom. The minimum atomic E-state index is -0.894. The Morgan fingerprint density at radius 1 is 1.50 bits per heavy atom. The quantitative estimate of drug-likeness (QED) is 0.839. The van der Waals surface area contributed by atoms with Gasteiger partial charge in [-0.2, -0.15) is 0 Å². The fourth-order valence-electron chi connectivity index (χ4n) is 1.64. The number of thioether (sulfide) groups is 1. The zero-order chi connectivity index (χ0) is 14.5. The van der Waals surface area contributed by atoms with Gasteiger partial charge in [0.1, 0.15) is 5.25 Å². The van der Waals surface area contributed by atoms with E-state index in [2.05, 4.69) is 16.9 Å². The number of rotatable bonds is 4. The summed E-state index contributed by atoms with van der Waals surface area (Å²) in [5, 5.41) is 12.9. The maximum atomic E-state index is 11.2. The molecule has 20 heavy (non-hydrogen) atoms. The van der Waals surface area contributed by atoms with E-state index in [0.29, 0.717) is 16.7 Å². The van der Waals surface area contributed by atoms with Crippen molar-refractivity contribution in [1.29, 1.82) is 0 Å². The summed E-state index contributed by atoms with van der Waals surface area (Å²) in [5.41, 5.74) is 1.59. The van der Waals surface area contributed by atoms with Gasteiger partial charge in [-0.25, -0.2) is 0 Å². The third-order valence-electron chi connectivity index (χ3n) is 2.56. The number of carbonyl (C=O) groups is 1. The van der Waals surface area contributed by atoms with E-state index in [9.17, 15) is 9.90 Å². The van der Waals surface area contributed by atoms with Crippen molar-refractivity contribution in [2.24, 2.45) is 4.99 Å². The SMILES string of the molecule is C=CCN=C1NC(c2ccc(Cl)cc2)=CC(C(=O)O)S1. The summed E-state index contributed by atoms with van der Waals surface area (Å²) >= 11 is 7.02. The van der Waals surface area contributed by atoms with Gasteiger partial charge in [0.25, 0.3) is 0 Å². The zero-order valence-electron chi connectivity index (χ0n) is 10.5. The lowest BCUT2D eigenvalue weighted by atomic mass is 10.1. The number of hydrogen-bond acceptors (Lipinski definition) is 3. The maximum absolute atomic E-state index is 11.2. The Kier molecular flexibility index (Phi) is 4.87. The number of amidine groups is 1. The summed E-state index contributed by atoms with van der Waals surface area (Å²) in [4.78, 5) is 15.5. The van der Waals surface area contributed by atoms with E-state index in [4.69, 9.17) is 11.6 Å². The lowest BCUT2D eigenvalue weighted by Crippen LogP contribution is -2.30. The van der Waals surface area contributed by atoms with Gasteiger partial charge >= 0.3 is 5.97 Å². The van der Waals surface area contributed by atoms with Gasteiger partial charge in [0.05, 0.1) is 6.54 Å². The summed E-state index contributed by atoms with van der Waals surface area (Å²) in [7, 11) is 0. The molecule has 1 aliphatic rings. The number of aliphatic imine (C=N–C) groups is 1. The summed E-state index contributed by atoms with van der Waals surface area (Å²) in [6, 6.07) is 7.19. The number of halogens is 1. The molecule has 6 heteroatoms. The summed E-state index contributed by atoms with van der Waals surface area (Å²) < 4.78 is 0. The molecule has 0 saturated heterocycles. The predicted molar refractivity (Wildman–Crippen MR) is 84.1 cm³/mol. The Bertz CT molecular complexity index is 581. The molecule has 1 aliphatic heterocycles. The molecule has 1 aromatic rings. The Labute approximate surface area is 126 Å². The average Bonchev–Trinajstić information content (AvgIpc) is 2.45. The molecule has 4 nitrogen and oxygen atoms in total. The second-order valence-electron chi connectivity index (χ2n) is 4.02. The average molecular weight is 309 g/mol. The molecule has 0 saturated carbocycles. The molecule has 0 bridgehead atoms. The van der Waals surface area contributed by atoms with Crippen LogP contribution < -0.4 is 5.32 Å². The molecule has 104 valence electrons. The Morgan fingerprint density at radius 3 is 2.80 bits per heavy atom. The van der Waals surface area contributed by atoms with Crippen LogP contribution in [0, 0.1) is 0 Å². The van der Waals surface area contributed by atoms with Crippen molar-refractivity contribution in [1.82, 2.24) is 5.32 Å². The van der Waals surface area contributed by atoms with E-state index in [1.165, 1.54) is 11.8 Å². The highest BCUT2D eigenvalue weighted by Crippen LogP contribution is 2.26. The summed E-state index contributed by atoms with van der Waals surface area (Å²) in [6.45, 7) is 4.04. The van der Waals surface area contributed by atoms with E-state index in [-0.39, 0.29) is 0 Å². The van der Waals surface area contributed by atoms with Crippen LogP contribution in [0.25, 0.3) is 5.70 Å². The standard InChI is InChI=1S/C14H13ClN2O2S/c1-2-7-16-14-17-11(8-12(20-14)13(18)19)9-3-5-10(15)6-4-9/h2-6,8,12H,1,7H2,(H,16,17)(H,18,19). The number of carboxylic acids is 1. The maximum Gasteiger partial charge on any atom is 0.321 e. The van der Waals surface area contributed by atoms with E-state index in [1.807, 2.05) is 12.1 Å². The molecular formula is C14H13ClN2O2S. The van der Waals surface area contributed by atoms with Gasteiger partial charge in [-0.15, -0.1) is 6.58 Å². The van der Waals surface area contributed by atoms with Gasteiger partial charge in [-0.3, -0.25) is 9.79 Å². The van der Waals surface area contributed by atoms with Crippen LogP contribution in [0.1, 0.15) is 5.56 Å². The van der Waals surface area contributed by atoms with Crippen molar-refractivity contribution in [2.75, 3.05) is 6.54 Å². The largest absolute Gasteiger partial charge is 0.480 e.